The Kier molecular flexibility index (Phi) is 40.2. The van der Waals surface area contributed by atoms with Gasteiger partial charge in [0.25, 0.3) is 0 Å². The third-order valence-corrected chi connectivity index (χ3v) is 15.7. The number of amides is 1. The van der Waals surface area contributed by atoms with Gasteiger partial charge in [-0.3, -0.25) is 4.79 Å². The summed E-state index contributed by atoms with van der Waals surface area (Å²) in [7, 11) is 0. The number of hydrogen-bond acceptors (Lipinski definition) is 18. The molecule has 0 saturated carbocycles. The van der Waals surface area contributed by atoms with Gasteiger partial charge in [0.1, 0.15) is 73.2 Å². The first-order valence-corrected chi connectivity index (χ1v) is 31.2. The average molecular weight is 1150 g/mol. The average Bonchev–Trinajstić information content (AvgIpc) is 3.45. The highest BCUT2D eigenvalue weighted by molar-refractivity contribution is 5.76. The molecule has 3 rings (SSSR count). The molecule has 468 valence electrons. The van der Waals surface area contributed by atoms with Crippen molar-refractivity contribution in [3.8, 4) is 0 Å². The summed E-state index contributed by atoms with van der Waals surface area (Å²) in [5.41, 5.74) is 0. The van der Waals surface area contributed by atoms with Crippen molar-refractivity contribution in [2.45, 2.75) is 317 Å². The van der Waals surface area contributed by atoms with Crippen LogP contribution in [0.1, 0.15) is 213 Å². The van der Waals surface area contributed by atoms with Crippen LogP contribution in [0.4, 0.5) is 0 Å². The first-order valence-electron chi connectivity index (χ1n) is 31.2. The Morgan fingerprint density at radius 3 is 1.25 bits per heavy atom. The Labute approximate surface area is 479 Å². The Morgan fingerprint density at radius 2 is 0.800 bits per heavy atom. The van der Waals surface area contributed by atoms with E-state index in [1.807, 2.05) is 6.08 Å². The number of allylic oxidation sites excluding steroid dienone is 5. The largest absolute Gasteiger partial charge is 0.394 e. The number of unbranched alkanes of at least 4 members (excludes halogenated alkanes) is 26. The molecule has 19 heteroatoms. The molecule has 0 radical (unpaired) electrons. The summed E-state index contributed by atoms with van der Waals surface area (Å²) < 4.78 is 34.2. The van der Waals surface area contributed by atoms with Crippen molar-refractivity contribution >= 4 is 5.91 Å². The lowest BCUT2D eigenvalue weighted by Gasteiger charge is -2.48. The van der Waals surface area contributed by atoms with E-state index in [2.05, 4.69) is 43.5 Å². The second-order valence-corrected chi connectivity index (χ2v) is 22.5. The maximum absolute atomic E-state index is 13.2. The summed E-state index contributed by atoms with van der Waals surface area (Å²) >= 11 is 0. The lowest BCUT2D eigenvalue weighted by atomic mass is 9.96. The molecule has 12 N–H and O–H groups in total. The van der Waals surface area contributed by atoms with Gasteiger partial charge in [-0.2, -0.15) is 0 Å². The van der Waals surface area contributed by atoms with Crippen molar-refractivity contribution in [2.75, 3.05) is 26.4 Å². The number of ether oxygens (including phenoxy) is 6. The molecular formula is C61H111NO18. The van der Waals surface area contributed by atoms with Gasteiger partial charge < -0.3 is 89.9 Å². The lowest BCUT2D eigenvalue weighted by molar-refractivity contribution is -0.379. The molecule has 0 bridgehead atoms. The maximum Gasteiger partial charge on any atom is 0.220 e. The van der Waals surface area contributed by atoms with Crippen molar-refractivity contribution in [1.29, 1.82) is 0 Å². The van der Waals surface area contributed by atoms with Gasteiger partial charge in [0.15, 0.2) is 18.9 Å². The molecule has 17 unspecified atom stereocenters. The molecule has 80 heavy (non-hydrogen) atoms. The number of rotatable bonds is 46. The van der Waals surface area contributed by atoms with Crippen LogP contribution in [0.25, 0.3) is 0 Å². The highest BCUT2D eigenvalue weighted by Gasteiger charge is 2.53. The molecule has 3 aliphatic heterocycles. The fourth-order valence-electron chi connectivity index (χ4n) is 10.5. The molecule has 0 aliphatic carbocycles. The molecule has 3 saturated heterocycles. The van der Waals surface area contributed by atoms with Crippen LogP contribution in [-0.2, 0) is 33.2 Å². The predicted molar refractivity (Wildman–Crippen MR) is 305 cm³/mol. The number of nitrogens with one attached hydrogen (secondary N) is 1. The van der Waals surface area contributed by atoms with Crippen LogP contribution in [0.3, 0.4) is 0 Å². The van der Waals surface area contributed by atoms with Crippen molar-refractivity contribution in [2.24, 2.45) is 0 Å². The molecular weight excluding hydrogens is 1030 g/mol. The Balaban J connectivity index is 1.45. The number of aliphatic hydroxyl groups excluding tert-OH is 11. The number of aliphatic hydroxyl groups is 11. The molecule has 0 aromatic carbocycles. The van der Waals surface area contributed by atoms with Crippen LogP contribution in [0, 0.1) is 0 Å². The van der Waals surface area contributed by atoms with E-state index in [0.29, 0.717) is 12.8 Å². The van der Waals surface area contributed by atoms with E-state index in [1.54, 1.807) is 6.08 Å². The summed E-state index contributed by atoms with van der Waals surface area (Å²) in [5.74, 6) is -0.293. The highest BCUT2D eigenvalue weighted by atomic mass is 16.8. The van der Waals surface area contributed by atoms with Gasteiger partial charge in [-0.1, -0.05) is 198 Å². The highest BCUT2D eigenvalue weighted by Crippen LogP contribution is 2.33. The predicted octanol–water partition coefficient (Wildman–Crippen LogP) is 6.10. The van der Waals surface area contributed by atoms with Crippen molar-refractivity contribution < 1.29 is 89.4 Å². The molecule has 0 aromatic rings. The van der Waals surface area contributed by atoms with Crippen LogP contribution in [0.15, 0.2) is 36.5 Å². The Bertz CT molecular complexity index is 1600. The Hall–Kier alpha value is -1.99. The zero-order valence-electron chi connectivity index (χ0n) is 48.8. The first kappa shape index (κ1) is 72.3. The normalized spacial score (nSPS) is 30.2. The third-order valence-electron chi connectivity index (χ3n) is 15.7. The smallest absolute Gasteiger partial charge is 0.220 e. The van der Waals surface area contributed by atoms with Crippen LogP contribution < -0.4 is 5.32 Å². The minimum Gasteiger partial charge on any atom is -0.394 e. The fourth-order valence-corrected chi connectivity index (χ4v) is 10.5. The number of carbonyl (C=O) groups excluding carboxylic acids is 1. The minimum absolute atomic E-state index is 0.233. The summed E-state index contributed by atoms with van der Waals surface area (Å²) in [6, 6.07) is -0.991. The summed E-state index contributed by atoms with van der Waals surface area (Å²) in [6.07, 6.45) is 21.6. The zero-order valence-corrected chi connectivity index (χ0v) is 48.8. The van der Waals surface area contributed by atoms with Crippen LogP contribution in [0.2, 0.25) is 0 Å². The first-order chi connectivity index (χ1) is 38.8. The molecule has 0 spiro atoms. The molecule has 3 aliphatic rings. The van der Waals surface area contributed by atoms with E-state index in [4.69, 9.17) is 28.4 Å². The monoisotopic (exact) mass is 1150 g/mol. The number of hydrogen-bond donors (Lipinski definition) is 12. The van der Waals surface area contributed by atoms with E-state index in [0.717, 1.165) is 44.9 Å². The van der Waals surface area contributed by atoms with Crippen molar-refractivity contribution in [3.63, 3.8) is 0 Å². The van der Waals surface area contributed by atoms with E-state index in [-0.39, 0.29) is 18.9 Å². The van der Waals surface area contributed by atoms with Gasteiger partial charge in [-0.15, -0.1) is 0 Å². The molecule has 0 aromatic heterocycles. The maximum atomic E-state index is 13.2. The minimum atomic E-state index is -1.98. The second kappa shape index (κ2) is 44.5. The fraction of sp³-hybridized carbons (Fsp3) is 0.885. The standard InChI is InChI=1S/C61H111NO18/c1-3-5-7-9-11-13-14-15-16-17-18-19-20-21-22-23-24-25-26-27-28-29-31-32-34-36-38-45(66)44(62-49(67)39-37-35-33-30-12-10-8-6-4-2)43-75-59-55(73)52(70)57(47(41-64)77-59)80-61-56(74)53(71)58(48(42-65)78-61)79-60-54(72)51(69)50(68)46(40-63)76-60/h25-26,29,31,36,38,44-48,50-61,63-66,68-74H,3-24,27-28,30,32-35,37,39-43H2,1-2H3,(H,62,67)/b26-25+,31-29+,38-36+. The van der Waals surface area contributed by atoms with Gasteiger partial charge in [0.05, 0.1) is 38.6 Å². The Morgan fingerprint density at radius 1 is 0.438 bits per heavy atom. The molecule has 17 atom stereocenters. The van der Waals surface area contributed by atoms with Crippen LogP contribution in [-0.4, -0.2) is 193 Å². The summed E-state index contributed by atoms with van der Waals surface area (Å²) in [6.45, 7) is 1.66. The van der Waals surface area contributed by atoms with Gasteiger partial charge in [0, 0.05) is 6.42 Å². The van der Waals surface area contributed by atoms with E-state index < -0.39 is 124 Å². The topological polar surface area (TPSA) is 307 Å². The van der Waals surface area contributed by atoms with Gasteiger partial charge in [-0.25, -0.2) is 0 Å². The quantitative estimate of drug-likeness (QED) is 0.0242. The molecule has 19 nitrogen and oxygen atoms in total. The van der Waals surface area contributed by atoms with E-state index >= 15 is 0 Å². The van der Waals surface area contributed by atoms with Gasteiger partial charge >= 0.3 is 0 Å². The SMILES string of the molecule is CCCCCCCCCCCCCCCCCC/C=C/CC/C=C/CC/C=C/C(O)C(COC1OC(CO)C(OC2OC(CO)C(OC3OC(CO)C(O)C(O)C3O)C(O)C2O)C(O)C1O)NC(=O)CCCCCCCCCCC. The molecule has 3 fully saturated rings. The lowest BCUT2D eigenvalue weighted by Crippen LogP contribution is -2.66. The van der Waals surface area contributed by atoms with E-state index in [1.165, 1.54) is 135 Å². The van der Waals surface area contributed by atoms with Crippen molar-refractivity contribution in [1.82, 2.24) is 5.32 Å². The zero-order chi connectivity index (χ0) is 58.3. The summed E-state index contributed by atoms with van der Waals surface area (Å²) in [5, 5.41) is 120. The van der Waals surface area contributed by atoms with Gasteiger partial charge in [0.2, 0.25) is 5.91 Å². The van der Waals surface area contributed by atoms with E-state index in [9.17, 15) is 61.0 Å². The van der Waals surface area contributed by atoms with Crippen LogP contribution >= 0.6 is 0 Å². The van der Waals surface area contributed by atoms with Crippen LogP contribution in [0.5, 0.6) is 0 Å². The number of carbonyl (C=O) groups is 1. The van der Waals surface area contributed by atoms with Gasteiger partial charge in [-0.05, 0) is 44.9 Å². The molecule has 3 heterocycles. The van der Waals surface area contributed by atoms with Crippen molar-refractivity contribution in [3.05, 3.63) is 36.5 Å². The summed E-state index contributed by atoms with van der Waals surface area (Å²) in [4.78, 5) is 13.2. The third kappa shape index (κ3) is 27.8. The molecule has 1 amide bonds. The second-order valence-electron chi connectivity index (χ2n) is 22.5.